The number of carbonyl (C=O) groups is 1. The molecule has 0 saturated heterocycles. The van der Waals surface area contributed by atoms with Gasteiger partial charge in [0.05, 0.1) is 22.9 Å². The summed E-state index contributed by atoms with van der Waals surface area (Å²) in [6.07, 6.45) is -0.625. The number of nitrogens with two attached hydrogens (primary N) is 1. The molecular weight excluding hydrogens is 397 g/mol. The minimum Gasteiger partial charge on any atom is -0.460 e. The molecule has 1 unspecified atom stereocenters. The van der Waals surface area contributed by atoms with Gasteiger partial charge in [0.2, 0.25) is 6.29 Å². The number of halogens is 2. The van der Waals surface area contributed by atoms with E-state index >= 15 is 0 Å². The van der Waals surface area contributed by atoms with Crippen LogP contribution in [0.15, 0.2) is 60.7 Å². The van der Waals surface area contributed by atoms with E-state index in [2.05, 4.69) is 0 Å². The second kappa shape index (κ2) is 8.11. The van der Waals surface area contributed by atoms with Gasteiger partial charge in [0.15, 0.2) is 0 Å². The van der Waals surface area contributed by atoms with Crippen molar-refractivity contribution in [3.05, 3.63) is 93.8 Å². The van der Waals surface area contributed by atoms with Crippen LogP contribution in [0.4, 0.5) is 10.1 Å². The lowest BCUT2D eigenvalue weighted by Crippen LogP contribution is -2.20. The summed E-state index contributed by atoms with van der Waals surface area (Å²) in [6.45, 7) is 0.0181. The number of rotatable bonds is 4. The normalized spacial score (nSPS) is 15.3. The SMILES string of the molecule is Nc1cc(C(=O)OCc2cc(F)cc3c2OC(c2ccccc2)OC3)ccc1Cl. The van der Waals surface area contributed by atoms with E-state index in [4.69, 9.17) is 31.5 Å². The highest BCUT2D eigenvalue weighted by Gasteiger charge is 2.25. The molecule has 148 valence electrons. The third-order valence-electron chi connectivity index (χ3n) is 4.48. The van der Waals surface area contributed by atoms with Gasteiger partial charge in [-0.15, -0.1) is 0 Å². The summed E-state index contributed by atoms with van der Waals surface area (Å²) in [5.74, 6) is -0.608. The lowest BCUT2D eigenvalue weighted by Gasteiger charge is -2.28. The van der Waals surface area contributed by atoms with Crippen molar-refractivity contribution in [3.8, 4) is 5.75 Å². The molecule has 1 aliphatic rings. The molecule has 3 aromatic carbocycles. The molecule has 0 spiro atoms. The van der Waals surface area contributed by atoms with Gasteiger partial charge < -0.3 is 19.9 Å². The van der Waals surface area contributed by atoms with E-state index in [9.17, 15) is 9.18 Å². The van der Waals surface area contributed by atoms with E-state index in [0.29, 0.717) is 21.9 Å². The van der Waals surface area contributed by atoms with Gasteiger partial charge in [0, 0.05) is 16.7 Å². The Labute approximate surface area is 171 Å². The first-order chi connectivity index (χ1) is 14.0. The molecule has 0 saturated carbocycles. The van der Waals surface area contributed by atoms with Crippen molar-refractivity contribution in [2.75, 3.05) is 5.73 Å². The Balaban J connectivity index is 1.54. The summed E-state index contributed by atoms with van der Waals surface area (Å²) >= 11 is 5.87. The molecule has 0 amide bonds. The van der Waals surface area contributed by atoms with Gasteiger partial charge in [-0.05, 0) is 30.3 Å². The number of carbonyl (C=O) groups excluding carboxylic acids is 1. The molecule has 7 heteroatoms. The van der Waals surface area contributed by atoms with E-state index in [-0.39, 0.29) is 24.5 Å². The third kappa shape index (κ3) is 4.18. The van der Waals surface area contributed by atoms with Crippen molar-refractivity contribution in [2.45, 2.75) is 19.5 Å². The largest absolute Gasteiger partial charge is 0.460 e. The monoisotopic (exact) mass is 413 g/mol. The fourth-order valence-corrected chi connectivity index (χ4v) is 3.17. The van der Waals surface area contributed by atoms with Crippen molar-refractivity contribution in [2.24, 2.45) is 0 Å². The van der Waals surface area contributed by atoms with Gasteiger partial charge in [-0.25, -0.2) is 9.18 Å². The molecule has 0 fully saturated rings. The van der Waals surface area contributed by atoms with Crippen LogP contribution in [0.2, 0.25) is 5.02 Å². The summed E-state index contributed by atoms with van der Waals surface area (Å²) in [6, 6.07) is 16.5. The van der Waals surface area contributed by atoms with Crippen molar-refractivity contribution < 1.29 is 23.4 Å². The molecule has 0 aliphatic carbocycles. The third-order valence-corrected chi connectivity index (χ3v) is 4.83. The number of fused-ring (bicyclic) bond motifs is 1. The Kier molecular flexibility index (Phi) is 5.38. The second-order valence-corrected chi connectivity index (χ2v) is 6.94. The van der Waals surface area contributed by atoms with Crippen LogP contribution in [-0.4, -0.2) is 5.97 Å². The maximum atomic E-state index is 14.0. The van der Waals surface area contributed by atoms with E-state index in [1.165, 1.54) is 30.3 Å². The summed E-state index contributed by atoms with van der Waals surface area (Å²) in [5, 5.41) is 0.348. The molecule has 0 radical (unpaired) electrons. The maximum absolute atomic E-state index is 14.0. The fraction of sp³-hybridized carbons (Fsp3) is 0.136. The minimum absolute atomic E-state index is 0.164. The van der Waals surface area contributed by atoms with E-state index < -0.39 is 18.1 Å². The Morgan fingerprint density at radius 2 is 1.97 bits per heavy atom. The average Bonchev–Trinajstić information content (AvgIpc) is 2.74. The van der Waals surface area contributed by atoms with Crippen molar-refractivity contribution in [1.29, 1.82) is 0 Å². The predicted octanol–water partition coefficient (Wildman–Crippen LogP) is 5.03. The van der Waals surface area contributed by atoms with E-state index in [1.54, 1.807) is 0 Å². The maximum Gasteiger partial charge on any atom is 0.338 e. The number of ether oxygens (including phenoxy) is 3. The molecule has 29 heavy (non-hydrogen) atoms. The van der Waals surface area contributed by atoms with Crippen LogP contribution < -0.4 is 10.5 Å². The lowest BCUT2D eigenvalue weighted by molar-refractivity contribution is -0.112. The summed E-state index contributed by atoms with van der Waals surface area (Å²) in [5.41, 5.74) is 8.06. The average molecular weight is 414 g/mol. The Morgan fingerprint density at radius 3 is 2.72 bits per heavy atom. The van der Waals surface area contributed by atoms with E-state index in [0.717, 1.165) is 5.56 Å². The summed E-state index contributed by atoms with van der Waals surface area (Å²) < 4.78 is 31.0. The quantitative estimate of drug-likeness (QED) is 0.480. The van der Waals surface area contributed by atoms with Crippen molar-refractivity contribution in [1.82, 2.24) is 0 Å². The Bertz CT molecular complexity index is 1060. The van der Waals surface area contributed by atoms with Gasteiger partial charge in [0.25, 0.3) is 0 Å². The molecule has 2 N–H and O–H groups in total. The topological polar surface area (TPSA) is 70.8 Å². The molecule has 0 aromatic heterocycles. The van der Waals surface area contributed by atoms with Crippen LogP contribution in [0.1, 0.15) is 33.3 Å². The standard InChI is InChI=1S/C22H17ClFNO4/c23-18-7-6-14(10-19(18)25)21(26)27-11-15-8-17(24)9-16-12-28-22(29-20(15)16)13-4-2-1-3-5-13/h1-10,22H,11-12,25H2. The zero-order chi connectivity index (χ0) is 20.4. The number of hydrogen-bond acceptors (Lipinski definition) is 5. The van der Waals surface area contributed by atoms with Gasteiger partial charge in [-0.2, -0.15) is 0 Å². The highest BCUT2D eigenvalue weighted by Crippen LogP contribution is 2.37. The first-order valence-corrected chi connectivity index (χ1v) is 9.25. The van der Waals surface area contributed by atoms with Crippen LogP contribution in [0.5, 0.6) is 5.75 Å². The first kappa shape index (κ1) is 19.2. The molecule has 4 rings (SSSR count). The molecule has 0 bridgehead atoms. The minimum atomic E-state index is -0.625. The van der Waals surface area contributed by atoms with Crippen LogP contribution in [0.25, 0.3) is 0 Å². The summed E-state index contributed by atoms with van der Waals surface area (Å²) in [7, 11) is 0. The molecule has 3 aromatic rings. The molecule has 5 nitrogen and oxygen atoms in total. The Hall–Kier alpha value is -3.09. The number of esters is 1. The highest BCUT2D eigenvalue weighted by molar-refractivity contribution is 6.33. The van der Waals surface area contributed by atoms with Crippen LogP contribution in [0.3, 0.4) is 0 Å². The first-order valence-electron chi connectivity index (χ1n) is 8.88. The highest BCUT2D eigenvalue weighted by atomic mass is 35.5. The van der Waals surface area contributed by atoms with Gasteiger partial charge in [0.1, 0.15) is 18.2 Å². The molecule has 1 heterocycles. The predicted molar refractivity (Wildman–Crippen MR) is 106 cm³/mol. The van der Waals surface area contributed by atoms with Crippen LogP contribution >= 0.6 is 11.6 Å². The fourth-order valence-electron chi connectivity index (χ4n) is 3.06. The zero-order valence-corrected chi connectivity index (χ0v) is 16.0. The van der Waals surface area contributed by atoms with Gasteiger partial charge in [-0.3, -0.25) is 0 Å². The van der Waals surface area contributed by atoms with Crippen molar-refractivity contribution in [3.63, 3.8) is 0 Å². The smallest absolute Gasteiger partial charge is 0.338 e. The second-order valence-electron chi connectivity index (χ2n) is 6.54. The number of nitrogen functional groups attached to an aromatic ring is 1. The number of hydrogen-bond donors (Lipinski definition) is 1. The molecule has 1 aliphatic heterocycles. The Morgan fingerprint density at radius 1 is 1.17 bits per heavy atom. The molecular formula is C22H17ClFNO4. The van der Waals surface area contributed by atoms with Crippen molar-refractivity contribution >= 4 is 23.3 Å². The van der Waals surface area contributed by atoms with Crippen LogP contribution in [-0.2, 0) is 22.7 Å². The van der Waals surface area contributed by atoms with E-state index in [1.807, 2.05) is 30.3 Å². The van der Waals surface area contributed by atoms with Gasteiger partial charge >= 0.3 is 5.97 Å². The van der Waals surface area contributed by atoms with Gasteiger partial charge in [-0.1, -0.05) is 41.9 Å². The van der Waals surface area contributed by atoms with Crippen LogP contribution in [0, 0.1) is 5.82 Å². The number of benzene rings is 3. The zero-order valence-electron chi connectivity index (χ0n) is 15.2. The number of anilines is 1. The lowest BCUT2D eigenvalue weighted by atomic mass is 10.1. The summed E-state index contributed by atoms with van der Waals surface area (Å²) in [4.78, 5) is 12.3. The molecule has 1 atom stereocenters.